The molecule has 0 radical (unpaired) electrons. The number of fused-ring (bicyclic) bond motifs is 1. The highest BCUT2D eigenvalue weighted by Gasteiger charge is 2.31. The van der Waals surface area contributed by atoms with Crippen LogP contribution in [0.3, 0.4) is 0 Å². The highest BCUT2D eigenvalue weighted by atomic mass is 19.3. The molecule has 0 bridgehead atoms. The van der Waals surface area contributed by atoms with E-state index in [9.17, 15) is 13.6 Å². The van der Waals surface area contributed by atoms with Crippen LogP contribution in [0.25, 0.3) is 0 Å². The van der Waals surface area contributed by atoms with E-state index < -0.39 is 5.92 Å². The van der Waals surface area contributed by atoms with Crippen LogP contribution in [0, 0.1) is 0 Å². The summed E-state index contributed by atoms with van der Waals surface area (Å²) in [5.74, 6) is -2.47. The van der Waals surface area contributed by atoms with Gasteiger partial charge in [0, 0.05) is 18.9 Å². The first-order valence-electron chi connectivity index (χ1n) is 5.18. The third-order valence-corrected chi connectivity index (χ3v) is 2.51. The molecule has 1 aromatic carbocycles. The lowest BCUT2D eigenvalue weighted by molar-refractivity contribution is -0.116. The SMILES string of the molecule is CC(=O)Cc1cc2c(cc1C(C)(F)F)OCO2. The largest absolute Gasteiger partial charge is 0.454 e. The van der Waals surface area contributed by atoms with Crippen molar-refractivity contribution < 1.29 is 23.0 Å². The van der Waals surface area contributed by atoms with Gasteiger partial charge in [0.05, 0.1) is 0 Å². The number of carbonyl (C=O) groups excluding carboxylic acids is 1. The smallest absolute Gasteiger partial charge is 0.270 e. The van der Waals surface area contributed by atoms with E-state index >= 15 is 0 Å². The van der Waals surface area contributed by atoms with Crippen molar-refractivity contribution in [2.45, 2.75) is 26.2 Å². The summed E-state index contributed by atoms with van der Waals surface area (Å²) < 4.78 is 37.0. The predicted octanol–water partition coefficient (Wildman–Crippen LogP) is 2.66. The van der Waals surface area contributed by atoms with Crippen LogP contribution in [0.4, 0.5) is 8.78 Å². The number of halogens is 2. The molecule has 1 heterocycles. The van der Waals surface area contributed by atoms with Gasteiger partial charge in [-0.1, -0.05) is 0 Å². The third-order valence-electron chi connectivity index (χ3n) is 2.51. The van der Waals surface area contributed by atoms with Gasteiger partial charge < -0.3 is 9.47 Å². The standard InChI is InChI=1S/C12H12F2O3/c1-7(15)3-8-4-10-11(17-6-16-10)5-9(8)12(2,13)14/h4-5H,3,6H2,1-2H3. The molecule has 0 spiro atoms. The van der Waals surface area contributed by atoms with E-state index in [1.807, 2.05) is 0 Å². The molecular weight excluding hydrogens is 230 g/mol. The van der Waals surface area contributed by atoms with E-state index in [1.165, 1.54) is 19.1 Å². The number of ether oxygens (including phenoxy) is 2. The van der Waals surface area contributed by atoms with Gasteiger partial charge in [-0.3, -0.25) is 4.79 Å². The Labute approximate surface area is 97.3 Å². The molecule has 0 aliphatic carbocycles. The predicted molar refractivity (Wildman–Crippen MR) is 56.5 cm³/mol. The normalized spacial score (nSPS) is 13.9. The molecule has 92 valence electrons. The van der Waals surface area contributed by atoms with Gasteiger partial charge in [-0.2, -0.15) is 0 Å². The van der Waals surface area contributed by atoms with E-state index in [2.05, 4.69) is 0 Å². The van der Waals surface area contributed by atoms with Crippen LogP contribution in [0.1, 0.15) is 25.0 Å². The quantitative estimate of drug-likeness (QED) is 0.817. The third kappa shape index (κ3) is 2.38. The number of carbonyl (C=O) groups is 1. The highest BCUT2D eigenvalue weighted by molar-refractivity contribution is 5.79. The van der Waals surface area contributed by atoms with Gasteiger partial charge in [0.15, 0.2) is 11.5 Å². The maximum absolute atomic E-state index is 13.4. The molecule has 5 heteroatoms. The van der Waals surface area contributed by atoms with Crippen molar-refractivity contribution in [3.05, 3.63) is 23.3 Å². The van der Waals surface area contributed by atoms with E-state index in [0.717, 1.165) is 6.92 Å². The molecule has 3 nitrogen and oxygen atoms in total. The Morgan fingerprint density at radius 1 is 1.35 bits per heavy atom. The van der Waals surface area contributed by atoms with Crippen LogP contribution in [-0.2, 0) is 17.1 Å². The maximum Gasteiger partial charge on any atom is 0.270 e. The Morgan fingerprint density at radius 2 is 1.94 bits per heavy atom. The lowest BCUT2D eigenvalue weighted by atomic mass is 9.97. The summed E-state index contributed by atoms with van der Waals surface area (Å²) >= 11 is 0. The number of hydrogen-bond acceptors (Lipinski definition) is 3. The van der Waals surface area contributed by atoms with Gasteiger partial charge in [-0.15, -0.1) is 0 Å². The van der Waals surface area contributed by atoms with Gasteiger partial charge >= 0.3 is 0 Å². The van der Waals surface area contributed by atoms with Crippen molar-refractivity contribution in [3.8, 4) is 11.5 Å². The first kappa shape index (κ1) is 11.8. The topological polar surface area (TPSA) is 35.5 Å². The van der Waals surface area contributed by atoms with Crippen molar-refractivity contribution in [1.29, 1.82) is 0 Å². The number of benzene rings is 1. The summed E-state index contributed by atoms with van der Waals surface area (Å²) in [5, 5.41) is 0. The van der Waals surface area contributed by atoms with E-state index in [-0.39, 0.29) is 30.1 Å². The fourth-order valence-corrected chi connectivity index (χ4v) is 1.81. The summed E-state index contributed by atoms with van der Waals surface area (Å²) in [5.41, 5.74) is 0.103. The molecule has 2 rings (SSSR count). The first-order chi connectivity index (χ1) is 7.88. The molecular formula is C12H12F2O3. The van der Waals surface area contributed by atoms with Crippen molar-refractivity contribution in [3.63, 3.8) is 0 Å². The second-order valence-electron chi connectivity index (χ2n) is 4.13. The number of Topliss-reactive ketones (excluding diaryl/α,β-unsaturated/α-hetero) is 1. The Hall–Kier alpha value is -1.65. The lowest BCUT2D eigenvalue weighted by Gasteiger charge is -2.16. The average molecular weight is 242 g/mol. The molecule has 1 aliphatic rings. The maximum atomic E-state index is 13.4. The second kappa shape index (κ2) is 3.98. The number of alkyl halides is 2. The van der Waals surface area contributed by atoms with Crippen LogP contribution in [0.2, 0.25) is 0 Å². The molecule has 0 saturated heterocycles. The lowest BCUT2D eigenvalue weighted by Crippen LogP contribution is -2.12. The molecule has 0 aromatic heterocycles. The Kier molecular flexibility index (Phi) is 2.77. The van der Waals surface area contributed by atoms with Crippen molar-refractivity contribution in [2.75, 3.05) is 6.79 Å². The van der Waals surface area contributed by atoms with Crippen molar-refractivity contribution in [2.24, 2.45) is 0 Å². The van der Waals surface area contributed by atoms with E-state index in [4.69, 9.17) is 9.47 Å². The summed E-state index contributed by atoms with van der Waals surface area (Å²) in [7, 11) is 0. The molecule has 1 aliphatic heterocycles. The van der Waals surface area contributed by atoms with Gasteiger partial charge in [0.25, 0.3) is 5.92 Å². The van der Waals surface area contributed by atoms with Gasteiger partial charge in [-0.05, 0) is 24.6 Å². The summed E-state index contributed by atoms with van der Waals surface area (Å²) in [6.07, 6.45) is -0.0323. The average Bonchev–Trinajstić information content (AvgIpc) is 2.60. The molecule has 0 atom stereocenters. The zero-order valence-corrected chi connectivity index (χ0v) is 9.55. The Bertz CT molecular complexity index is 464. The molecule has 17 heavy (non-hydrogen) atoms. The summed E-state index contributed by atoms with van der Waals surface area (Å²) in [6, 6.07) is 2.71. The van der Waals surface area contributed by atoms with E-state index in [0.29, 0.717) is 11.5 Å². The van der Waals surface area contributed by atoms with Crippen molar-refractivity contribution in [1.82, 2.24) is 0 Å². The Balaban J connectivity index is 2.51. The molecule has 0 saturated carbocycles. The molecule has 0 N–H and O–H groups in total. The minimum atomic E-state index is -3.01. The van der Waals surface area contributed by atoms with Gasteiger partial charge in [0.1, 0.15) is 5.78 Å². The van der Waals surface area contributed by atoms with Crippen LogP contribution in [0.5, 0.6) is 11.5 Å². The zero-order chi connectivity index (χ0) is 12.6. The molecule has 0 unspecified atom stereocenters. The minimum Gasteiger partial charge on any atom is -0.454 e. The van der Waals surface area contributed by atoms with E-state index in [1.54, 1.807) is 0 Å². The molecule has 1 aromatic rings. The minimum absolute atomic E-state index is 0.0214. The molecule has 0 fully saturated rings. The van der Waals surface area contributed by atoms with Gasteiger partial charge in [0.2, 0.25) is 6.79 Å². The van der Waals surface area contributed by atoms with Crippen LogP contribution in [-0.4, -0.2) is 12.6 Å². The number of rotatable bonds is 3. The Morgan fingerprint density at radius 3 is 2.47 bits per heavy atom. The summed E-state index contributed by atoms with van der Waals surface area (Å²) in [4.78, 5) is 11.1. The van der Waals surface area contributed by atoms with Crippen molar-refractivity contribution >= 4 is 5.78 Å². The fraction of sp³-hybridized carbons (Fsp3) is 0.417. The highest BCUT2D eigenvalue weighted by Crippen LogP contribution is 2.40. The zero-order valence-electron chi connectivity index (χ0n) is 9.55. The summed E-state index contributed by atoms with van der Waals surface area (Å²) in [6.45, 7) is 2.18. The van der Waals surface area contributed by atoms with Crippen LogP contribution >= 0.6 is 0 Å². The van der Waals surface area contributed by atoms with Gasteiger partial charge in [-0.25, -0.2) is 8.78 Å². The number of ketones is 1. The van der Waals surface area contributed by atoms with Crippen LogP contribution < -0.4 is 9.47 Å². The first-order valence-corrected chi connectivity index (χ1v) is 5.18. The monoisotopic (exact) mass is 242 g/mol. The second-order valence-corrected chi connectivity index (χ2v) is 4.13. The van der Waals surface area contributed by atoms with Crippen LogP contribution in [0.15, 0.2) is 12.1 Å². The fourth-order valence-electron chi connectivity index (χ4n) is 1.81. The molecule has 0 amide bonds. The number of hydrogen-bond donors (Lipinski definition) is 0.